The fourth-order valence-corrected chi connectivity index (χ4v) is 1.66. The minimum atomic E-state index is -0.370. The summed E-state index contributed by atoms with van der Waals surface area (Å²) in [6, 6.07) is 9.54. The van der Waals surface area contributed by atoms with E-state index >= 15 is 0 Å². The molecule has 1 amide bonds. The number of carbonyl (C=O) groups excluding carboxylic acids is 1. The summed E-state index contributed by atoms with van der Waals surface area (Å²) in [5.74, 6) is -0.103. The van der Waals surface area contributed by atoms with Crippen molar-refractivity contribution in [1.82, 2.24) is 5.32 Å². The molecule has 1 atom stereocenters. The number of halogens is 1. The van der Waals surface area contributed by atoms with Crippen molar-refractivity contribution in [3.8, 4) is 11.3 Å². The van der Waals surface area contributed by atoms with Crippen molar-refractivity contribution < 1.29 is 13.6 Å². The summed E-state index contributed by atoms with van der Waals surface area (Å²) in [5.41, 5.74) is 0.352. The van der Waals surface area contributed by atoms with E-state index in [2.05, 4.69) is 5.32 Å². The third kappa shape index (κ3) is 3.02. The maximum atomic E-state index is 13.6. The van der Waals surface area contributed by atoms with Crippen LogP contribution in [0.5, 0.6) is 0 Å². The molecule has 19 heavy (non-hydrogen) atoms. The van der Waals surface area contributed by atoms with Gasteiger partial charge in [-0.05, 0) is 37.6 Å². The third-order valence-corrected chi connectivity index (χ3v) is 2.96. The third-order valence-electron chi connectivity index (χ3n) is 2.96. The molecule has 1 heterocycles. The van der Waals surface area contributed by atoms with E-state index in [1.165, 1.54) is 6.07 Å². The van der Waals surface area contributed by atoms with Crippen LogP contribution in [-0.4, -0.2) is 11.9 Å². The molecule has 0 fully saturated rings. The first kappa shape index (κ1) is 13.3. The Morgan fingerprint density at radius 2 is 2.05 bits per heavy atom. The Morgan fingerprint density at radius 3 is 2.74 bits per heavy atom. The van der Waals surface area contributed by atoms with Gasteiger partial charge < -0.3 is 9.73 Å². The van der Waals surface area contributed by atoms with Gasteiger partial charge in [-0.15, -0.1) is 0 Å². The fraction of sp³-hybridized carbons (Fsp3) is 0.267. The van der Waals surface area contributed by atoms with Gasteiger partial charge in [-0.1, -0.05) is 19.1 Å². The molecule has 0 spiro atoms. The van der Waals surface area contributed by atoms with Crippen LogP contribution in [0.1, 0.15) is 30.8 Å². The molecule has 2 aromatic rings. The highest BCUT2D eigenvalue weighted by Crippen LogP contribution is 2.24. The Kier molecular flexibility index (Phi) is 4.00. The number of rotatable bonds is 4. The summed E-state index contributed by atoms with van der Waals surface area (Å²) in [7, 11) is 0. The Hall–Kier alpha value is -2.10. The van der Waals surface area contributed by atoms with Crippen LogP contribution >= 0.6 is 0 Å². The minimum absolute atomic E-state index is 0.0783. The molecule has 1 aromatic carbocycles. The van der Waals surface area contributed by atoms with Crippen LogP contribution in [0.2, 0.25) is 0 Å². The largest absolute Gasteiger partial charge is 0.451 e. The lowest BCUT2D eigenvalue weighted by molar-refractivity contribution is 0.0912. The van der Waals surface area contributed by atoms with E-state index in [1.54, 1.807) is 30.3 Å². The summed E-state index contributed by atoms with van der Waals surface area (Å²) in [6.45, 7) is 3.90. The first-order chi connectivity index (χ1) is 9.11. The fourth-order valence-electron chi connectivity index (χ4n) is 1.66. The monoisotopic (exact) mass is 261 g/mol. The van der Waals surface area contributed by atoms with Crippen LogP contribution in [-0.2, 0) is 0 Å². The molecule has 0 aliphatic heterocycles. The molecule has 0 radical (unpaired) electrons. The topological polar surface area (TPSA) is 42.2 Å². The smallest absolute Gasteiger partial charge is 0.287 e. The van der Waals surface area contributed by atoms with Crippen LogP contribution in [0.25, 0.3) is 11.3 Å². The maximum Gasteiger partial charge on any atom is 0.287 e. The van der Waals surface area contributed by atoms with E-state index in [9.17, 15) is 9.18 Å². The molecule has 2 rings (SSSR count). The van der Waals surface area contributed by atoms with Gasteiger partial charge in [0.2, 0.25) is 0 Å². The van der Waals surface area contributed by atoms with E-state index in [-0.39, 0.29) is 23.5 Å². The van der Waals surface area contributed by atoms with Crippen molar-refractivity contribution in [2.24, 2.45) is 0 Å². The lowest BCUT2D eigenvalue weighted by atomic mass is 10.1. The number of furan rings is 1. The van der Waals surface area contributed by atoms with Gasteiger partial charge in [-0.2, -0.15) is 0 Å². The Bertz CT molecular complexity index is 577. The second-order valence-corrected chi connectivity index (χ2v) is 4.43. The van der Waals surface area contributed by atoms with Crippen LogP contribution in [0.15, 0.2) is 40.8 Å². The molecular weight excluding hydrogens is 245 g/mol. The van der Waals surface area contributed by atoms with Gasteiger partial charge in [-0.3, -0.25) is 4.79 Å². The lowest BCUT2D eigenvalue weighted by Gasteiger charge is -2.09. The van der Waals surface area contributed by atoms with E-state index in [0.29, 0.717) is 11.3 Å². The number of amides is 1. The summed E-state index contributed by atoms with van der Waals surface area (Å²) in [6.07, 6.45) is 0.840. The first-order valence-corrected chi connectivity index (χ1v) is 6.27. The number of hydrogen-bond donors (Lipinski definition) is 1. The summed E-state index contributed by atoms with van der Waals surface area (Å²) >= 11 is 0. The second kappa shape index (κ2) is 5.69. The highest BCUT2D eigenvalue weighted by molar-refractivity contribution is 5.92. The average Bonchev–Trinajstić information content (AvgIpc) is 2.88. The molecule has 0 saturated heterocycles. The van der Waals surface area contributed by atoms with Crippen molar-refractivity contribution in [2.45, 2.75) is 26.3 Å². The van der Waals surface area contributed by atoms with Crippen molar-refractivity contribution in [1.29, 1.82) is 0 Å². The molecule has 0 aliphatic carbocycles. The Morgan fingerprint density at radius 1 is 1.32 bits per heavy atom. The standard InChI is InChI=1S/C15H16FNO2/c1-3-10(2)17-15(18)14-9-8-13(19-14)11-6-4-5-7-12(11)16/h4-10H,3H2,1-2H3,(H,17,18). The van der Waals surface area contributed by atoms with Crippen molar-refractivity contribution >= 4 is 5.91 Å². The first-order valence-electron chi connectivity index (χ1n) is 6.27. The summed E-state index contributed by atoms with van der Waals surface area (Å²) in [5, 5.41) is 2.80. The Balaban J connectivity index is 2.20. The van der Waals surface area contributed by atoms with E-state index in [0.717, 1.165) is 6.42 Å². The van der Waals surface area contributed by atoms with E-state index in [4.69, 9.17) is 4.42 Å². The zero-order chi connectivity index (χ0) is 13.8. The normalized spacial score (nSPS) is 12.2. The highest BCUT2D eigenvalue weighted by atomic mass is 19.1. The maximum absolute atomic E-state index is 13.6. The lowest BCUT2D eigenvalue weighted by Crippen LogP contribution is -2.31. The molecule has 0 saturated carbocycles. The quantitative estimate of drug-likeness (QED) is 0.913. The minimum Gasteiger partial charge on any atom is -0.451 e. The molecule has 1 N–H and O–H groups in total. The molecule has 1 aromatic heterocycles. The molecular formula is C15H16FNO2. The molecule has 100 valence electrons. The number of carbonyl (C=O) groups is 1. The predicted molar refractivity (Wildman–Crippen MR) is 71.3 cm³/mol. The van der Waals surface area contributed by atoms with Crippen LogP contribution in [0, 0.1) is 5.82 Å². The van der Waals surface area contributed by atoms with Crippen LogP contribution in [0.3, 0.4) is 0 Å². The van der Waals surface area contributed by atoms with E-state index < -0.39 is 0 Å². The SMILES string of the molecule is CCC(C)NC(=O)c1ccc(-c2ccccc2F)o1. The van der Waals surface area contributed by atoms with Gasteiger partial charge in [0.25, 0.3) is 5.91 Å². The van der Waals surface area contributed by atoms with Gasteiger partial charge in [0.1, 0.15) is 11.6 Å². The molecule has 1 unspecified atom stereocenters. The van der Waals surface area contributed by atoms with Crippen molar-refractivity contribution in [3.63, 3.8) is 0 Å². The van der Waals surface area contributed by atoms with Gasteiger partial charge in [0.05, 0.1) is 5.56 Å². The highest BCUT2D eigenvalue weighted by Gasteiger charge is 2.15. The van der Waals surface area contributed by atoms with Crippen molar-refractivity contribution in [3.05, 3.63) is 48.0 Å². The predicted octanol–water partition coefficient (Wildman–Crippen LogP) is 3.61. The molecule has 0 bridgehead atoms. The van der Waals surface area contributed by atoms with Gasteiger partial charge in [-0.25, -0.2) is 4.39 Å². The number of nitrogens with one attached hydrogen (secondary N) is 1. The van der Waals surface area contributed by atoms with Gasteiger partial charge >= 0.3 is 0 Å². The van der Waals surface area contributed by atoms with Crippen LogP contribution < -0.4 is 5.32 Å². The average molecular weight is 261 g/mol. The Labute approximate surface area is 111 Å². The summed E-state index contributed by atoms with van der Waals surface area (Å²) in [4.78, 5) is 11.8. The van der Waals surface area contributed by atoms with Crippen LogP contribution in [0.4, 0.5) is 4.39 Å². The van der Waals surface area contributed by atoms with E-state index in [1.807, 2.05) is 13.8 Å². The zero-order valence-corrected chi connectivity index (χ0v) is 10.9. The number of hydrogen-bond acceptors (Lipinski definition) is 2. The second-order valence-electron chi connectivity index (χ2n) is 4.43. The molecule has 4 heteroatoms. The van der Waals surface area contributed by atoms with Gasteiger partial charge in [0.15, 0.2) is 5.76 Å². The molecule has 0 aliphatic rings. The van der Waals surface area contributed by atoms with Crippen molar-refractivity contribution in [2.75, 3.05) is 0 Å². The molecule has 3 nitrogen and oxygen atoms in total. The van der Waals surface area contributed by atoms with Gasteiger partial charge in [0, 0.05) is 6.04 Å². The number of benzene rings is 1. The summed E-state index contributed by atoms with van der Waals surface area (Å²) < 4.78 is 19.0. The zero-order valence-electron chi connectivity index (χ0n) is 10.9.